The van der Waals surface area contributed by atoms with E-state index in [1.165, 1.54) is 15.4 Å². The minimum atomic E-state index is 0.680. The summed E-state index contributed by atoms with van der Waals surface area (Å²) in [5.41, 5.74) is 3.01. The van der Waals surface area contributed by atoms with Crippen LogP contribution in [0.1, 0.15) is 11.1 Å². The summed E-state index contributed by atoms with van der Waals surface area (Å²) in [7, 11) is 4.16. The Morgan fingerprint density at radius 3 is 2.73 bits per heavy atom. The monoisotopic (exact) mass is 307 g/mol. The van der Waals surface area contributed by atoms with Crippen molar-refractivity contribution in [3.8, 4) is 6.07 Å². The fourth-order valence-electron chi connectivity index (χ4n) is 2.45. The zero-order valence-corrected chi connectivity index (χ0v) is 13.4. The summed E-state index contributed by atoms with van der Waals surface area (Å²) < 4.78 is 0. The number of H-pyrrole nitrogens is 1. The van der Waals surface area contributed by atoms with Crippen molar-refractivity contribution in [1.82, 2.24) is 9.88 Å². The molecule has 4 heteroatoms. The Balaban J connectivity index is 1.96. The second kappa shape index (κ2) is 6.27. The highest BCUT2D eigenvalue weighted by Crippen LogP contribution is 2.35. The highest BCUT2D eigenvalue weighted by Gasteiger charge is 2.09. The number of hydrogen-bond acceptors (Lipinski definition) is 3. The molecule has 3 aromatic rings. The number of hydrogen-bond donors (Lipinski definition) is 1. The Labute approximate surface area is 134 Å². The molecule has 2 aromatic carbocycles. The maximum atomic E-state index is 8.99. The number of benzene rings is 2. The predicted molar refractivity (Wildman–Crippen MR) is 91.0 cm³/mol. The lowest BCUT2D eigenvalue weighted by Crippen LogP contribution is -2.11. The fourth-order valence-corrected chi connectivity index (χ4v) is 3.50. The Kier molecular flexibility index (Phi) is 4.19. The van der Waals surface area contributed by atoms with Crippen molar-refractivity contribution in [3.05, 3.63) is 59.8 Å². The summed E-state index contributed by atoms with van der Waals surface area (Å²) in [6, 6.07) is 16.4. The number of aromatic nitrogens is 1. The van der Waals surface area contributed by atoms with Gasteiger partial charge in [0.25, 0.3) is 0 Å². The number of aromatic amines is 1. The van der Waals surface area contributed by atoms with Crippen molar-refractivity contribution < 1.29 is 0 Å². The SMILES string of the molecule is CN(C)Cc1ccccc1Sc1c[nH]c2cc(C#N)ccc12. The Morgan fingerprint density at radius 1 is 1.14 bits per heavy atom. The molecule has 22 heavy (non-hydrogen) atoms. The number of nitrogens with zero attached hydrogens (tertiary/aromatic N) is 2. The van der Waals surface area contributed by atoms with Gasteiger partial charge in [0, 0.05) is 33.4 Å². The van der Waals surface area contributed by atoms with Crippen molar-refractivity contribution in [1.29, 1.82) is 5.26 Å². The van der Waals surface area contributed by atoms with Crippen LogP contribution in [0.4, 0.5) is 0 Å². The van der Waals surface area contributed by atoms with E-state index >= 15 is 0 Å². The lowest BCUT2D eigenvalue weighted by Gasteiger charge is -2.13. The van der Waals surface area contributed by atoms with Gasteiger partial charge in [0.05, 0.1) is 11.6 Å². The third-order valence-electron chi connectivity index (χ3n) is 3.45. The van der Waals surface area contributed by atoms with Crippen molar-refractivity contribution in [3.63, 3.8) is 0 Å². The van der Waals surface area contributed by atoms with Gasteiger partial charge >= 0.3 is 0 Å². The number of nitrogens with one attached hydrogen (secondary N) is 1. The van der Waals surface area contributed by atoms with Crippen LogP contribution in [-0.4, -0.2) is 24.0 Å². The van der Waals surface area contributed by atoms with Crippen molar-refractivity contribution >= 4 is 22.7 Å². The maximum Gasteiger partial charge on any atom is 0.0992 e. The second-order valence-corrected chi connectivity index (χ2v) is 6.56. The zero-order chi connectivity index (χ0) is 15.5. The lowest BCUT2D eigenvalue weighted by atomic mass is 10.2. The van der Waals surface area contributed by atoms with Crippen molar-refractivity contribution in [2.24, 2.45) is 0 Å². The number of nitriles is 1. The van der Waals surface area contributed by atoms with E-state index in [1.54, 1.807) is 11.8 Å². The molecule has 0 fully saturated rings. The molecule has 0 spiro atoms. The van der Waals surface area contributed by atoms with Gasteiger partial charge in [0.1, 0.15) is 0 Å². The highest BCUT2D eigenvalue weighted by molar-refractivity contribution is 7.99. The van der Waals surface area contributed by atoms with Crippen molar-refractivity contribution in [2.75, 3.05) is 14.1 Å². The molecule has 0 aliphatic rings. The average Bonchev–Trinajstić information content (AvgIpc) is 2.91. The quantitative estimate of drug-likeness (QED) is 0.783. The van der Waals surface area contributed by atoms with Gasteiger partial charge in [-0.05, 0) is 37.9 Å². The third-order valence-corrected chi connectivity index (χ3v) is 4.63. The largest absolute Gasteiger partial charge is 0.360 e. The van der Waals surface area contributed by atoms with Crippen molar-refractivity contribution in [2.45, 2.75) is 16.3 Å². The topological polar surface area (TPSA) is 42.8 Å². The first-order valence-corrected chi connectivity index (χ1v) is 7.91. The van der Waals surface area contributed by atoms with Crippen LogP contribution >= 0.6 is 11.8 Å². The molecule has 0 unspecified atom stereocenters. The van der Waals surface area contributed by atoms with Crippen LogP contribution in [0.5, 0.6) is 0 Å². The van der Waals surface area contributed by atoms with Crippen LogP contribution in [0.25, 0.3) is 10.9 Å². The smallest absolute Gasteiger partial charge is 0.0992 e. The predicted octanol–water partition coefficient (Wildman–Crippen LogP) is 4.25. The molecule has 0 aliphatic carbocycles. The number of rotatable bonds is 4. The molecule has 110 valence electrons. The van der Waals surface area contributed by atoms with Gasteiger partial charge in [-0.2, -0.15) is 5.26 Å². The Morgan fingerprint density at radius 2 is 1.95 bits per heavy atom. The molecule has 0 saturated carbocycles. The van der Waals surface area contributed by atoms with E-state index < -0.39 is 0 Å². The molecular formula is C18H17N3S. The fraction of sp³-hybridized carbons (Fsp3) is 0.167. The van der Waals surface area contributed by atoms with E-state index in [0.29, 0.717) is 5.56 Å². The zero-order valence-electron chi connectivity index (χ0n) is 12.6. The van der Waals surface area contributed by atoms with Gasteiger partial charge in [0.15, 0.2) is 0 Å². The van der Waals surface area contributed by atoms with Crippen LogP contribution in [-0.2, 0) is 6.54 Å². The van der Waals surface area contributed by atoms with E-state index in [0.717, 1.165) is 17.4 Å². The molecule has 0 amide bonds. The van der Waals surface area contributed by atoms with Gasteiger partial charge in [-0.15, -0.1) is 0 Å². The average molecular weight is 307 g/mol. The minimum Gasteiger partial charge on any atom is -0.360 e. The summed E-state index contributed by atoms with van der Waals surface area (Å²) in [6.07, 6.45) is 2.02. The molecule has 3 rings (SSSR count). The molecular weight excluding hydrogens is 290 g/mol. The van der Waals surface area contributed by atoms with Crippen LogP contribution in [0, 0.1) is 11.3 Å². The van der Waals surface area contributed by atoms with Crippen LogP contribution in [0.2, 0.25) is 0 Å². The second-order valence-electron chi connectivity index (χ2n) is 5.47. The minimum absolute atomic E-state index is 0.680. The van der Waals surface area contributed by atoms with E-state index in [1.807, 2.05) is 24.4 Å². The first kappa shape index (κ1) is 14.7. The summed E-state index contributed by atoms with van der Waals surface area (Å²) in [5, 5.41) is 10.1. The first-order chi connectivity index (χ1) is 10.7. The third kappa shape index (κ3) is 3.01. The van der Waals surface area contributed by atoms with Gasteiger partial charge in [0.2, 0.25) is 0 Å². The van der Waals surface area contributed by atoms with Crippen LogP contribution in [0.15, 0.2) is 58.5 Å². The Hall–Kier alpha value is -2.22. The molecule has 0 aliphatic heterocycles. The number of fused-ring (bicyclic) bond motifs is 1. The summed E-state index contributed by atoms with van der Waals surface area (Å²) in [6.45, 7) is 0.921. The summed E-state index contributed by atoms with van der Waals surface area (Å²) in [4.78, 5) is 7.89. The highest BCUT2D eigenvalue weighted by atomic mass is 32.2. The normalized spacial score (nSPS) is 11.0. The van der Waals surface area contributed by atoms with Gasteiger partial charge in [-0.1, -0.05) is 36.0 Å². The molecule has 0 bridgehead atoms. The van der Waals surface area contributed by atoms with E-state index in [-0.39, 0.29) is 0 Å². The van der Waals surface area contributed by atoms with E-state index in [2.05, 4.69) is 54.3 Å². The summed E-state index contributed by atoms with van der Waals surface area (Å²) >= 11 is 1.76. The molecule has 3 nitrogen and oxygen atoms in total. The van der Waals surface area contributed by atoms with Gasteiger partial charge in [-0.3, -0.25) is 0 Å². The first-order valence-electron chi connectivity index (χ1n) is 7.09. The molecule has 0 radical (unpaired) electrons. The molecule has 1 N–H and O–H groups in total. The molecule has 0 saturated heterocycles. The van der Waals surface area contributed by atoms with Crippen LogP contribution in [0.3, 0.4) is 0 Å². The molecule has 1 aromatic heterocycles. The maximum absolute atomic E-state index is 8.99. The molecule has 1 heterocycles. The summed E-state index contributed by atoms with van der Waals surface area (Å²) in [5.74, 6) is 0. The Bertz CT molecular complexity index is 843. The van der Waals surface area contributed by atoms with Gasteiger partial charge < -0.3 is 9.88 Å². The standard InChI is InChI=1S/C18H17N3S/c1-21(2)12-14-5-3-4-6-17(14)22-18-11-20-16-9-13(10-19)7-8-15(16)18/h3-9,11,20H,12H2,1-2H3. The van der Waals surface area contributed by atoms with Gasteiger partial charge in [-0.25, -0.2) is 0 Å². The molecule has 0 atom stereocenters. The van der Waals surface area contributed by atoms with E-state index in [9.17, 15) is 0 Å². The van der Waals surface area contributed by atoms with E-state index in [4.69, 9.17) is 5.26 Å². The lowest BCUT2D eigenvalue weighted by molar-refractivity contribution is 0.399. The van der Waals surface area contributed by atoms with Crippen LogP contribution < -0.4 is 0 Å².